The van der Waals surface area contributed by atoms with E-state index in [0.29, 0.717) is 24.5 Å². The molecule has 0 saturated heterocycles. The highest BCUT2D eigenvalue weighted by atomic mass is 127. The molecule has 0 aliphatic heterocycles. The van der Waals surface area contributed by atoms with Crippen molar-refractivity contribution in [1.82, 2.24) is 10.2 Å². The van der Waals surface area contributed by atoms with E-state index in [1.54, 1.807) is 12.1 Å². The Morgan fingerprint density at radius 3 is 2.68 bits per heavy atom. The fourth-order valence-corrected chi connectivity index (χ4v) is 2.60. The van der Waals surface area contributed by atoms with Crippen molar-refractivity contribution in [3.63, 3.8) is 0 Å². The number of guanidine groups is 1. The monoisotopic (exact) mass is 505 g/mol. The van der Waals surface area contributed by atoms with E-state index in [0.717, 1.165) is 37.1 Å². The number of carbonyl (C=O) groups excluding carboxylic acids is 1. The number of rotatable bonds is 10. The lowest BCUT2D eigenvalue weighted by molar-refractivity contribution is 0.0597. The van der Waals surface area contributed by atoms with Crippen molar-refractivity contribution in [1.29, 1.82) is 0 Å². The topological polar surface area (TPSA) is 72.4 Å². The number of aliphatic imine (C=N–C) groups is 1. The van der Waals surface area contributed by atoms with Crippen LogP contribution in [0.15, 0.2) is 23.2 Å². The molecule has 0 amide bonds. The summed E-state index contributed by atoms with van der Waals surface area (Å²) >= 11 is 0. The molecule has 8 heteroatoms. The Labute approximate surface area is 184 Å². The van der Waals surface area contributed by atoms with E-state index in [1.807, 2.05) is 20.0 Å². The Balaban J connectivity index is 0.00000392. The standard InChI is InChI=1S/C20H31N3O4.HI/c1-5-21-20(23(2)10-11-27-14-15-6-7-15)22-13-16-8-9-18(25-3)17(12-16)19(24)26-4;/h8-9,12,15H,5-7,10-11,13-14H2,1-4H3,(H,21,22);1H. The zero-order valence-electron chi connectivity index (χ0n) is 17.2. The second kappa shape index (κ2) is 12.8. The molecule has 0 radical (unpaired) electrons. The normalized spacial score (nSPS) is 13.5. The quantitative estimate of drug-likeness (QED) is 0.173. The third-order valence-corrected chi connectivity index (χ3v) is 4.40. The number of nitrogens with one attached hydrogen (secondary N) is 1. The van der Waals surface area contributed by atoms with E-state index in [2.05, 4.69) is 15.2 Å². The number of likely N-dealkylation sites (N-methyl/N-ethyl adjacent to an activating group) is 1. The molecule has 2 rings (SSSR count). The molecule has 7 nitrogen and oxygen atoms in total. The van der Waals surface area contributed by atoms with Crippen molar-refractivity contribution in [2.45, 2.75) is 26.3 Å². The molecular weight excluding hydrogens is 473 g/mol. The smallest absolute Gasteiger partial charge is 0.341 e. The predicted octanol–water partition coefficient (Wildman–Crippen LogP) is 2.92. The average Bonchev–Trinajstić information content (AvgIpc) is 3.51. The fraction of sp³-hybridized carbons (Fsp3) is 0.600. The van der Waals surface area contributed by atoms with E-state index in [9.17, 15) is 4.79 Å². The maximum atomic E-state index is 11.9. The Morgan fingerprint density at radius 2 is 2.07 bits per heavy atom. The first-order chi connectivity index (χ1) is 13.1. The number of esters is 1. The molecule has 1 aliphatic rings. The largest absolute Gasteiger partial charge is 0.496 e. The van der Waals surface area contributed by atoms with Gasteiger partial charge in [0.1, 0.15) is 11.3 Å². The third kappa shape index (κ3) is 7.83. The summed E-state index contributed by atoms with van der Waals surface area (Å²) in [5, 5.41) is 3.29. The van der Waals surface area contributed by atoms with E-state index in [1.165, 1.54) is 27.1 Å². The van der Waals surface area contributed by atoms with Gasteiger partial charge >= 0.3 is 5.97 Å². The SMILES string of the molecule is CCNC(=NCc1ccc(OC)c(C(=O)OC)c1)N(C)CCOCC1CC1.I. The highest BCUT2D eigenvalue weighted by Crippen LogP contribution is 2.28. The second-order valence-corrected chi connectivity index (χ2v) is 6.64. The Morgan fingerprint density at radius 1 is 1.32 bits per heavy atom. The van der Waals surface area contributed by atoms with Crippen molar-refractivity contribution in [2.24, 2.45) is 10.9 Å². The molecule has 0 spiro atoms. The van der Waals surface area contributed by atoms with E-state index < -0.39 is 5.97 Å². The molecule has 0 atom stereocenters. The molecule has 0 bridgehead atoms. The van der Waals surface area contributed by atoms with Gasteiger partial charge in [0, 0.05) is 26.7 Å². The van der Waals surface area contributed by atoms with Gasteiger partial charge in [-0.2, -0.15) is 0 Å². The van der Waals surface area contributed by atoms with Gasteiger partial charge in [-0.15, -0.1) is 24.0 Å². The van der Waals surface area contributed by atoms with Gasteiger partial charge in [0.05, 0.1) is 27.4 Å². The average molecular weight is 505 g/mol. The molecule has 158 valence electrons. The van der Waals surface area contributed by atoms with Crippen LogP contribution >= 0.6 is 24.0 Å². The van der Waals surface area contributed by atoms with Crippen molar-refractivity contribution in [3.05, 3.63) is 29.3 Å². The number of halogens is 1. The van der Waals surface area contributed by atoms with Crippen LogP contribution in [0.5, 0.6) is 5.75 Å². The molecule has 1 N–H and O–H groups in total. The highest BCUT2D eigenvalue weighted by molar-refractivity contribution is 14.0. The van der Waals surface area contributed by atoms with Crippen LogP contribution in [0.3, 0.4) is 0 Å². The molecule has 1 fully saturated rings. The second-order valence-electron chi connectivity index (χ2n) is 6.64. The summed E-state index contributed by atoms with van der Waals surface area (Å²) < 4.78 is 15.8. The van der Waals surface area contributed by atoms with Crippen LogP contribution in [0.25, 0.3) is 0 Å². The molecule has 1 aromatic carbocycles. The lowest BCUT2D eigenvalue weighted by atomic mass is 10.1. The van der Waals surface area contributed by atoms with Gasteiger partial charge in [-0.1, -0.05) is 6.07 Å². The fourth-order valence-electron chi connectivity index (χ4n) is 2.60. The lowest BCUT2D eigenvalue weighted by Gasteiger charge is -2.22. The third-order valence-electron chi connectivity index (χ3n) is 4.40. The zero-order valence-corrected chi connectivity index (χ0v) is 19.5. The zero-order chi connectivity index (χ0) is 19.6. The van der Waals surface area contributed by atoms with Crippen LogP contribution in [0.2, 0.25) is 0 Å². The Kier molecular flexibility index (Phi) is 11.2. The van der Waals surface area contributed by atoms with E-state index >= 15 is 0 Å². The van der Waals surface area contributed by atoms with Crippen LogP contribution in [-0.2, 0) is 16.0 Å². The number of nitrogens with zero attached hydrogens (tertiary/aromatic N) is 2. The first-order valence-corrected chi connectivity index (χ1v) is 9.41. The van der Waals surface area contributed by atoms with Crippen LogP contribution in [0, 0.1) is 5.92 Å². The Bertz CT molecular complexity index is 650. The van der Waals surface area contributed by atoms with E-state index in [4.69, 9.17) is 14.2 Å². The number of hydrogen-bond acceptors (Lipinski definition) is 5. The minimum atomic E-state index is -0.422. The number of benzene rings is 1. The summed E-state index contributed by atoms with van der Waals surface area (Å²) in [6.07, 6.45) is 2.60. The first kappa shape index (κ1) is 24.5. The highest BCUT2D eigenvalue weighted by Gasteiger charge is 2.21. The molecular formula is C20H32IN3O4. The summed E-state index contributed by atoms with van der Waals surface area (Å²) in [7, 11) is 4.88. The van der Waals surface area contributed by atoms with Gasteiger partial charge in [-0.25, -0.2) is 9.79 Å². The van der Waals surface area contributed by atoms with Gasteiger partial charge in [0.2, 0.25) is 0 Å². The van der Waals surface area contributed by atoms with Crippen molar-refractivity contribution in [2.75, 3.05) is 47.6 Å². The molecule has 1 aliphatic carbocycles. The van der Waals surface area contributed by atoms with Gasteiger partial charge < -0.3 is 24.4 Å². The maximum Gasteiger partial charge on any atom is 0.341 e. The number of carbonyl (C=O) groups is 1. The van der Waals surface area contributed by atoms with Crippen molar-refractivity contribution >= 4 is 35.9 Å². The number of hydrogen-bond donors (Lipinski definition) is 1. The van der Waals surface area contributed by atoms with Crippen LogP contribution in [0.1, 0.15) is 35.7 Å². The molecule has 0 aromatic heterocycles. The maximum absolute atomic E-state index is 11.9. The molecule has 28 heavy (non-hydrogen) atoms. The van der Waals surface area contributed by atoms with Gasteiger partial charge in [-0.3, -0.25) is 0 Å². The minimum Gasteiger partial charge on any atom is -0.496 e. The minimum absolute atomic E-state index is 0. The molecule has 0 heterocycles. The Hall–Kier alpha value is -1.55. The summed E-state index contributed by atoms with van der Waals surface area (Å²) in [5.74, 6) is 1.65. The molecule has 0 unspecified atom stereocenters. The summed E-state index contributed by atoms with van der Waals surface area (Å²) in [6, 6.07) is 5.42. The van der Waals surface area contributed by atoms with Gasteiger partial charge in [0.25, 0.3) is 0 Å². The van der Waals surface area contributed by atoms with Gasteiger partial charge in [0.15, 0.2) is 5.96 Å². The number of methoxy groups -OCH3 is 2. The van der Waals surface area contributed by atoms with Crippen molar-refractivity contribution < 1.29 is 19.0 Å². The van der Waals surface area contributed by atoms with Crippen LogP contribution in [0.4, 0.5) is 0 Å². The number of ether oxygens (including phenoxy) is 3. The van der Waals surface area contributed by atoms with Gasteiger partial charge in [-0.05, 0) is 43.4 Å². The van der Waals surface area contributed by atoms with Crippen LogP contribution in [-0.4, -0.2) is 64.4 Å². The summed E-state index contributed by atoms with van der Waals surface area (Å²) in [5.41, 5.74) is 1.31. The molecule has 1 aromatic rings. The predicted molar refractivity (Wildman–Crippen MR) is 121 cm³/mol. The lowest BCUT2D eigenvalue weighted by Crippen LogP contribution is -2.40. The molecule has 1 saturated carbocycles. The van der Waals surface area contributed by atoms with Crippen molar-refractivity contribution in [3.8, 4) is 5.75 Å². The first-order valence-electron chi connectivity index (χ1n) is 9.41. The summed E-state index contributed by atoms with van der Waals surface area (Å²) in [4.78, 5) is 18.7. The summed E-state index contributed by atoms with van der Waals surface area (Å²) in [6.45, 7) is 5.59. The van der Waals surface area contributed by atoms with Crippen LogP contribution < -0.4 is 10.1 Å². The van der Waals surface area contributed by atoms with E-state index in [-0.39, 0.29) is 24.0 Å².